The minimum Gasteiger partial charge on any atom is -0.496 e. The zero-order valence-electron chi connectivity index (χ0n) is 16.4. The molecule has 2 amide bonds. The van der Waals surface area contributed by atoms with E-state index >= 15 is 0 Å². The van der Waals surface area contributed by atoms with Crippen LogP contribution in [-0.2, 0) is 16.0 Å². The van der Waals surface area contributed by atoms with Gasteiger partial charge in [0.25, 0.3) is 0 Å². The average Bonchev–Trinajstić information content (AvgIpc) is 2.69. The molecule has 0 bridgehead atoms. The summed E-state index contributed by atoms with van der Waals surface area (Å²) in [6.07, 6.45) is 8.97. The highest BCUT2D eigenvalue weighted by molar-refractivity contribution is 5.80. The van der Waals surface area contributed by atoms with Crippen LogP contribution in [0.3, 0.4) is 0 Å². The first-order chi connectivity index (χ1) is 13.2. The number of amides is 2. The van der Waals surface area contributed by atoms with Gasteiger partial charge in [0.2, 0.25) is 11.8 Å². The van der Waals surface area contributed by atoms with Crippen molar-refractivity contribution in [2.75, 3.05) is 20.2 Å². The van der Waals surface area contributed by atoms with Gasteiger partial charge in [0.15, 0.2) is 0 Å². The number of benzene rings is 1. The number of likely N-dealkylation sites (tertiary alicyclic amines) is 1. The number of methoxy groups -OCH3 is 1. The van der Waals surface area contributed by atoms with Crippen LogP contribution in [-0.4, -0.2) is 43.0 Å². The fourth-order valence-corrected chi connectivity index (χ4v) is 4.34. The third-order valence-corrected chi connectivity index (χ3v) is 5.95. The van der Waals surface area contributed by atoms with Crippen molar-refractivity contribution in [1.29, 1.82) is 0 Å². The SMILES string of the molecule is COc1ccccc1CC(=O)N1CCC(NC(=O)CC2CCCCC2)CC1. The fourth-order valence-electron chi connectivity index (χ4n) is 4.34. The third-order valence-electron chi connectivity index (χ3n) is 5.95. The maximum atomic E-state index is 12.6. The predicted molar refractivity (Wildman–Crippen MR) is 106 cm³/mol. The van der Waals surface area contributed by atoms with Crippen LogP contribution in [0.15, 0.2) is 24.3 Å². The van der Waals surface area contributed by atoms with Crippen LogP contribution in [0.2, 0.25) is 0 Å². The first-order valence-corrected chi connectivity index (χ1v) is 10.3. The summed E-state index contributed by atoms with van der Waals surface area (Å²) < 4.78 is 5.34. The maximum Gasteiger partial charge on any atom is 0.227 e. The lowest BCUT2D eigenvalue weighted by Gasteiger charge is -2.33. The van der Waals surface area contributed by atoms with E-state index in [2.05, 4.69) is 5.32 Å². The van der Waals surface area contributed by atoms with Crippen LogP contribution in [0.5, 0.6) is 5.75 Å². The van der Waals surface area contributed by atoms with Gasteiger partial charge in [-0.05, 0) is 37.7 Å². The van der Waals surface area contributed by atoms with Crippen molar-refractivity contribution in [2.45, 2.75) is 63.8 Å². The van der Waals surface area contributed by atoms with Crippen molar-refractivity contribution in [3.05, 3.63) is 29.8 Å². The largest absolute Gasteiger partial charge is 0.496 e. The standard InChI is InChI=1S/C22H32N2O3/c1-27-20-10-6-5-9-18(20)16-22(26)24-13-11-19(12-14-24)23-21(25)15-17-7-3-2-4-8-17/h5-6,9-10,17,19H,2-4,7-8,11-16H2,1H3,(H,23,25). The molecule has 1 aromatic rings. The van der Waals surface area contributed by atoms with E-state index in [0.29, 0.717) is 31.8 Å². The number of hydrogen-bond acceptors (Lipinski definition) is 3. The lowest BCUT2D eigenvalue weighted by atomic mass is 9.86. The quantitative estimate of drug-likeness (QED) is 0.833. The monoisotopic (exact) mass is 372 g/mol. The van der Waals surface area contributed by atoms with E-state index in [1.165, 1.54) is 32.1 Å². The van der Waals surface area contributed by atoms with E-state index in [-0.39, 0.29) is 17.9 Å². The zero-order valence-corrected chi connectivity index (χ0v) is 16.4. The van der Waals surface area contributed by atoms with Gasteiger partial charge in [-0.3, -0.25) is 9.59 Å². The molecule has 27 heavy (non-hydrogen) atoms. The molecule has 148 valence electrons. The predicted octanol–water partition coefficient (Wildman–Crippen LogP) is 3.32. The Bertz CT molecular complexity index is 632. The van der Waals surface area contributed by atoms with Gasteiger partial charge in [-0.25, -0.2) is 0 Å². The highest BCUT2D eigenvalue weighted by atomic mass is 16.5. The molecule has 1 saturated heterocycles. The van der Waals surface area contributed by atoms with Crippen molar-refractivity contribution in [3.63, 3.8) is 0 Å². The molecule has 1 aromatic carbocycles. The first-order valence-electron chi connectivity index (χ1n) is 10.3. The number of nitrogens with zero attached hydrogens (tertiary/aromatic N) is 1. The number of nitrogens with one attached hydrogen (secondary N) is 1. The van der Waals surface area contributed by atoms with E-state index in [0.717, 1.165) is 24.2 Å². The number of rotatable bonds is 6. The molecule has 2 fully saturated rings. The van der Waals surface area contributed by atoms with E-state index in [4.69, 9.17) is 4.74 Å². The minimum atomic E-state index is 0.131. The van der Waals surface area contributed by atoms with Crippen molar-refractivity contribution >= 4 is 11.8 Å². The van der Waals surface area contributed by atoms with Crippen molar-refractivity contribution in [3.8, 4) is 5.75 Å². The van der Waals surface area contributed by atoms with Crippen LogP contribution in [0.25, 0.3) is 0 Å². The summed E-state index contributed by atoms with van der Waals surface area (Å²) in [6.45, 7) is 1.42. The molecule has 1 saturated carbocycles. The second-order valence-electron chi connectivity index (χ2n) is 7.92. The van der Waals surface area contributed by atoms with Gasteiger partial charge in [0.05, 0.1) is 13.5 Å². The van der Waals surface area contributed by atoms with Crippen molar-refractivity contribution in [1.82, 2.24) is 10.2 Å². The molecule has 0 unspecified atom stereocenters. The molecule has 0 aromatic heterocycles. The number of hydrogen-bond donors (Lipinski definition) is 1. The molecule has 2 aliphatic rings. The Labute approximate surface area is 162 Å². The van der Waals surface area contributed by atoms with Crippen LogP contribution in [0.1, 0.15) is 56.9 Å². The number of carbonyl (C=O) groups is 2. The molecule has 5 nitrogen and oxygen atoms in total. The molecular formula is C22H32N2O3. The van der Waals surface area contributed by atoms with E-state index in [1.807, 2.05) is 29.2 Å². The number of para-hydroxylation sites is 1. The summed E-state index contributed by atoms with van der Waals surface area (Å²) in [5.74, 6) is 1.66. The fraction of sp³-hybridized carbons (Fsp3) is 0.636. The van der Waals surface area contributed by atoms with Gasteiger partial charge in [-0.15, -0.1) is 0 Å². The van der Waals surface area contributed by atoms with Crippen LogP contribution < -0.4 is 10.1 Å². The van der Waals surface area contributed by atoms with E-state index < -0.39 is 0 Å². The van der Waals surface area contributed by atoms with E-state index in [1.54, 1.807) is 7.11 Å². The molecule has 0 spiro atoms. The van der Waals surface area contributed by atoms with Gasteiger partial charge in [-0.1, -0.05) is 37.5 Å². The molecule has 0 atom stereocenters. The summed E-state index contributed by atoms with van der Waals surface area (Å²) in [5, 5.41) is 3.20. The van der Waals surface area contributed by atoms with Gasteiger partial charge < -0.3 is 15.0 Å². The zero-order chi connectivity index (χ0) is 19.1. The second kappa shape index (κ2) is 9.77. The Morgan fingerprint density at radius 3 is 2.48 bits per heavy atom. The number of piperidine rings is 1. The van der Waals surface area contributed by atoms with Crippen LogP contribution in [0.4, 0.5) is 0 Å². The minimum absolute atomic E-state index is 0.131. The molecule has 5 heteroatoms. The summed E-state index contributed by atoms with van der Waals surface area (Å²) in [5.41, 5.74) is 0.924. The van der Waals surface area contributed by atoms with Crippen LogP contribution in [0, 0.1) is 5.92 Å². The summed E-state index contributed by atoms with van der Waals surface area (Å²) in [7, 11) is 1.63. The second-order valence-corrected chi connectivity index (χ2v) is 7.92. The Balaban J connectivity index is 1.41. The first kappa shape index (κ1) is 19.7. The Morgan fingerprint density at radius 2 is 1.78 bits per heavy atom. The summed E-state index contributed by atoms with van der Waals surface area (Å²) >= 11 is 0. The average molecular weight is 373 g/mol. The van der Waals surface area contributed by atoms with Gasteiger partial charge in [-0.2, -0.15) is 0 Å². The smallest absolute Gasteiger partial charge is 0.227 e. The van der Waals surface area contributed by atoms with Crippen molar-refractivity contribution < 1.29 is 14.3 Å². The Kier molecular flexibility index (Phi) is 7.13. The molecule has 1 aliphatic heterocycles. The number of ether oxygens (including phenoxy) is 1. The lowest BCUT2D eigenvalue weighted by Crippen LogP contribution is -2.47. The number of carbonyl (C=O) groups excluding carboxylic acids is 2. The molecule has 1 aliphatic carbocycles. The third kappa shape index (κ3) is 5.72. The Hall–Kier alpha value is -2.04. The highest BCUT2D eigenvalue weighted by Crippen LogP contribution is 2.26. The lowest BCUT2D eigenvalue weighted by molar-refractivity contribution is -0.131. The van der Waals surface area contributed by atoms with Gasteiger partial charge >= 0.3 is 0 Å². The molecule has 0 radical (unpaired) electrons. The van der Waals surface area contributed by atoms with E-state index in [9.17, 15) is 9.59 Å². The normalized spacial score (nSPS) is 18.9. The highest BCUT2D eigenvalue weighted by Gasteiger charge is 2.25. The topological polar surface area (TPSA) is 58.6 Å². The summed E-state index contributed by atoms with van der Waals surface area (Å²) in [6, 6.07) is 7.87. The molecule has 1 heterocycles. The van der Waals surface area contributed by atoms with Gasteiger partial charge in [0, 0.05) is 31.1 Å². The van der Waals surface area contributed by atoms with Crippen molar-refractivity contribution in [2.24, 2.45) is 5.92 Å². The summed E-state index contributed by atoms with van der Waals surface area (Å²) in [4.78, 5) is 26.8. The molecule has 3 rings (SSSR count). The maximum absolute atomic E-state index is 12.6. The van der Waals surface area contributed by atoms with Gasteiger partial charge in [0.1, 0.15) is 5.75 Å². The van der Waals surface area contributed by atoms with Crippen LogP contribution >= 0.6 is 0 Å². The molecular weight excluding hydrogens is 340 g/mol. The molecule has 1 N–H and O–H groups in total. The Morgan fingerprint density at radius 1 is 1.07 bits per heavy atom.